The van der Waals surface area contributed by atoms with Crippen molar-refractivity contribution < 1.29 is 9.53 Å². The van der Waals surface area contributed by atoms with Crippen molar-refractivity contribution >= 4 is 6.09 Å². The third-order valence-electron chi connectivity index (χ3n) is 1.60. The van der Waals surface area contributed by atoms with E-state index in [1.54, 1.807) is 4.90 Å². The summed E-state index contributed by atoms with van der Waals surface area (Å²) >= 11 is 0. The van der Waals surface area contributed by atoms with E-state index in [9.17, 15) is 4.79 Å². The van der Waals surface area contributed by atoms with Gasteiger partial charge in [-0.2, -0.15) is 0 Å². The van der Waals surface area contributed by atoms with Gasteiger partial charge < -0.3 is 9.64 Å². The molecule has 0 saturated heterocycles. The van der Waals surface area contributed by atoms with Crippen molar-refractivity contribution in [3.05, 3.63) is 0 Å². The summed E-state index contributed by atoms with van der Waals surface area (Å²) in [5.74, 6) is 2.26. The zero-order chi connectivity index (χ0) is 10.4. The second kappa shape index (κ2) is 5.47. The number of hydrogen-bond acceptors (Lipinski definition) is 2. The second-order valence-electron chi connectivity index (χ2n) is 3.35. The molecule has 0 rings (SSSR count). The lowest BCUT2D eigenvalue weighted by atomic mass is 10.2. The van der Waals surface area contributed by atoms with E-state index in [0.29, 0.717) is 0 Å². The minimum absolute atomic E-state index is 0.0365. The van der Waals surface area contributed by atoms with Gasteiger partial charge in [-0.15, -0.1) is 6.42 Å². The lowest BCUT2D eigenvalue weighted by Gasteiger charge is -2.29. The molecule has 0 aromatic carbocycles. The molecule has 0 heterocycles. The highest BCUT2D eigenvalue weighted by molar-refractivity contribution is 5.68. The van der Waals surface area contributed by atoms with Crippen LogP contribution in [0.3, 0.4) is 0 Å². The summed E-state index contributed by atoms with van der Waals surface area (Å²) in [6.07, 6.45) is 4.64. The molecular formula is C10H17NO2. The van der Waals surface area contributed by atoms with Crippen LogP contribution in [0, 0.1) is 12.3 Å². The largest absolute Gasteiger partial charge is 0.436 e. The predicted octanol–water partition coefficient (Wildman–Crippen LogP) is 1.88. The smallest absolute Gasteiger partial charge is 0.411 e. The Kier molecular flexibility index (Phi) is 4.98. The molecule has 0 bridgehead atoms. The van der Waals surface area contributed by atoms with Crippen LogP contribution in [0.5, 0.6) is 0 Å². The Morgan fingerprint density at radius 2 is 1.85 bits per heavy atom. The van der Waals surface area contributed by atoms with Gasteiger partial charge in [-0.05, 0) is 27.7 Å². The molecule has 1 amide bonds. The van der Waals surface area contributed by atoms with E-state index in [4.69, 9.17) is 11.2 Å². The van der Waals surface area contributed by atoms with E-state index in [1.165, 1.54) is 0 Å². The predicted molar refractivity (Wildman–Crippen MR) is 52.3 cm³/mol. The lowest BCUT2D eigenvalue weighted by molar-refractivity contribution is 0.0889. The van der Waals surface area contributed by atoms with E-state index < -0.39 is 0 Å². The Balaban J connectivity index is 4.22. The van der Waals surface area contributed by atoms with Crippen LogP contribution in [0.25, 0.3) is 0 Å². The summed E-state index contributed by atoms with van der Waals surface area (Å²) in [6.45, 7) is 7.80. The quantitative estimate of drug-likeness (QED) is 0.625. The summed E-state index contributed by atoms with van der Waals surface area (Å²) < 4.78 is 4.83. The van der Waals surface area contributed by atoms with Crippen LogP contribution in [0.4, 0.5) is 4.79 Å². The Hall–Kier alpha value is -1.17. The van der Waals surface area contributed by atoms with Crippen molar-refractivity contribution in [3.8, 4) is 12.3 Å². The number of hydrogen-bond donors (Lipinski definition) is 0. The molecule has 0 atom stereocenters. The molecule has 0 fully saturated rings. The minimum atomic E-state index is -0.344. The highest BCUT2D eigenvalue weighted by Crippen LogP contribution is 2.06. The van der Waals surface area contributed by atoms with Crippen LogP contribution in [-0.4, -0.2) is 29.7 Å². The van der Waals surface area contributed by atoms with Gasteiger partial charge in [-0.25, -0.2) is 4.79 Å². The molecule has 3 heteroatoms. The molecule has 0 spiro atoms. The van der Waals surface area contributed by atoms with E-state index in [-0.39, 0.29) is 24.8 Å². The molecule has 0 unspecified atom stereocenters. The zero-order valence-electron chi connectivity index (χ0n) is 8.70. The SMILES string of the molecule is C#CCOC(=O)N(C(C)C)C(C)C. The summed E-state index contributed by atoms with van der Waals surface area (Å²) in [7, 11) is 0. The maximum absolute atomic E-state index is 11.4. The van der Waals surface area contributed by atoms with Crippen LogP contribution < -0.4 is 0 Å². The van der Waals surface area contributed by atoms with Crippen molar-refractivity contribution in [2.24, 2.45) is 0 Å². The topological polar surface area (TPSA) is 29.5 Å². The summed E-state index contributed by atoms with van der Waals surface area (Å²) in [6, 6.07) is 0.260. The molecule has 0 radical (unpaired) electrons. The van der Waals surface area contributed by atoms with Gasteiger partial charge in [0.05, 0.1) is 0 Å². The molecule has 0 saturated carbocycles. The number of ether oxygens (including phenoxy) is 1. The van der Waals surface area contributed by atoms with Gasteiger partial charge in [-0.3, -0.25) is 0 Å². The van der Waals surface area contributed by atoms with Gasteiger partial charge in [0, 0.05) is 12.1 Å². The van der Waals surface area contributed by atoms with Gasteiger partial charge in [0.15, 0.2) is 6.61 Å². The molecule has 13 heavy (non-hydrogen) atoms. The third-order valence-corrected chi connectivity index (χ3v) is 1.60. The van der Waals surface area contributed by atoms with E-state index in [2.05, 4.69) is 5.92 Å². The molecule has 0 N–H and O–H groups in total. The Labute approximate surface area is 80.1 Å². The molecule has 74 valence electrons. The van der Waals surface area contributed by atoms with Crippen LogP contribution in [0.15, 0.2) is 0 Å². The van der Waals surface area contributed by atoms with Gasteiger partial charge in [0.2, 0.25) is 0 Å². The van der Waals surface area contributed by atoms with Crippen LogP contribution in [0.1, 0.15) is 27.7 Å². The second-order valence-corrected chi connectivity index (χ2v) is 3.35. The third kappa shape index (κ3) is 3.84. The number of nitrogens with zero attached hydrogens (tertiary/aromatic N) is 1. The first-order valence-corrected chi connectivity index (χ1v) is 4.39. The van der Waals surface area contributed by atoms with Crippen molar-refractivity contribution in [3.63, 3.8) is 0 Å². The maximum atomic E-state index is 11.4. The molecule has 0 aromatic heterocycles. The average Bonchev–Trinajstić information content (AvgIpc) is 1.99. The zero-order valence-corrected chi connectivity index (χ0v) is 8.70. The van der Waals surface area contributed by atoms with Crippen molar-refractivity contribution in [1.29, 1.82) is 0 Å². The van der Waals surface area contributed by atoms with Crippen molar-refractivity contribution in [1.82, 2.24) is 4.90 Å². The fourth-order valence-electron chi connectivity index (χ4n) is 1.20. The molecule has 0 aliphatic carbocycles. The number of terminal acetylenes is 1. The van der Waals surface area contributed by atoms with Crippen molar-refractivity contribution in [2.45, 2.75) is 39.8 Å². The van der Waals surface area contributed by atoms with E-state index in [1.807, 2.05) is 27.7 Å². The van der Waals surface area contributed by atoms with E-state index in [0.717, 1.165) is 0 Å². The van der Waals surface area contributed by atoms with Gasteiger partial charge in [-0.1, -0.05) is 5.92 Å². The first-order valence-electron chi connectivity index (χ1n) is 4.39. The van der Waals surface area contributed by atoms with E-state index >= 15 is 0 Å². The number of amides is 1. The normalized spacial score (nSPS) is 9.92. The highest BCUT2D eigenvalue weighted by atomic mass is 16.6. The number of carbonyl (C=O) groups is 1. The fourth-order valence-corrected chi connectivity index (χ4v) is 1.20. The number of carbonyl (C=O) groups excluding carboxylic acids is 1. The molecule has 3 nitrogen and oxygen atoms in total. The monoisotopic (exact) mass is 183 g/mol. The summed E-state index contributed by atoms with van der Waals surface area (Å²) in [5, 5.41) is 0. The minimum Gasteiger partial charge on any atom is -0.436 e. The Bertz CT molecular complexity index is 195. The van der Waals surface area contributed by atoms with Gasteiger partial charge >= 0.3 is 6.09 Å². The summed E-state index contributed by atoms with van der Waals surface area (Å²) in [5.41, 5.74) is 0. The number of rotatable bonds is 3. The highest BCUT2D eigenvalue weighted by Gasteiger charge is 2.20. The van der Waals surface area contributed by atoms with Crippen molar-refractivity contribution in [2.75, 3.05) is 6.61 Å². The van der Waals surface area contributed by atoms with Crippen LogP contribution in [0.2, 0.25) is 0 Å². The average molecular weight is 183 g/mol. The Morgan fingerprint density at radius 1 is 1.38 bits per heavy atom. The molecule has 0 aliphatic heterocycles. The first kappa shape index (κ1) is 11.8. The first-order chi connectivity index (χ1) is 6.00. The lowest BCUT2D eigenvalue weighted by Crippen LogP contribution is -2.42. The summed E-state index contributed by atoms with van der Waals surface area (Å²) in [4.78, 5) is 13.0. The molecular weight excluding hydrogens is 166 g/mol. The van der Waals surface area contributed by atoms with Crippen LogP contribution >= 0.6 is 0 Å². The molecule has 0 aromatic rings. The maximum Gasteiger partial charge on any atom is 0.411 e. The van der Waals surface area contributed by atoms with Gasteiger partial charge in [0.25, 0.3) is 0 Å². The fraction of sp³-hybridized carbons (Fsp3) is 0.700. The Morgan fingerprint density at radius 3 is 2.15 bits per heavy atom. The standard InChI is InChI=1S/C10H17NO2/c1-6-7-13-10(12)11(8(2)3)9(4)5/h1,8-9H,7H2,2-5H3. The van der Waals surface area contributed by atoms with Crippen LogP contribution in [-0.2, 0) is 4.74 Å². The van der Waals surface area contributed by atoms with Gasteiger partial charge in [0.1, 0.15) is 0 Å². The molecule has 0 aliphatic rings.